The lowest BCUT2D eigenvalue weighted by Crippen LogP contribution is -2.32. The normalized spacial score (nSPS) is 13.4. The number of anilines is 2. The second-order valence-electron chi connectivity index (χ2n) is 7.21. The molecular weight excluding hydrogens is 446 g/mol. The standard InChI is InChI=1S/C25H20F2N2O5/c1-32-16-7-4-14(5-8-16)22-23(28-20-11-9-17(33-2)13-21(20)34-3)25(31)29(24(22)30)15-6-10-18(26)19(27)12-15/h4-13,28H,1-3H3. The van der Waals surface area contributed by atoms with Gasteiger partial charge in [0.1, 0.15) is 22.9 Å². The number of nitrogens with zero attached hydrogens (tertiary/aromatic N) is 1. The third-order valence-corrected chi connectivity index (χ3v) is 5.29. The van der Waals surface area contributed by atoms with E-state index in [1.165, 1.54) is 21.3 Å². The fourth-order valence-electron chi connectivity index (χ4n) is 3.57. The van der Waals surface area contributed by atoms with Crippen LogP contribution in [0.4, 0.5) is 20.2 Å². The van der Waals surface area contributed by atoms with Gasteiger partial charge in [-0.2, -0.15) is 0 Å². The minimum atomic E-state index is -1.18. The van der Waals surface area contributed by atoms with Crippen molar-refractivity contribution in [2.24, 2.45) is 0 Å². The molecule has 3 aromatic rings. The Bertz CT molecular complexity index is 1310. The lowest BCUT2D eigenvalue weighted by atomic mass is 10.0. The van der Waals surface area contributed by atoms with Crippen molar-refractivity contribution < 1.29 is 32.6 Å². The molecule has 1 aliphatic heterocycles. The van der Waals surface area contributed by atoms with Crippen LogP contribution in [0.15, 0.2) is 66.4 Å². The molecule has 1 heterocycles. The lowest BCUT2D eigenvalue weighted by molar-refractivity contribution is -0.120. The Morgan fingerprint density at radius 1 is 0.735 bits per heavy atom. The molecule has 3 aromatic carbocycles. The Morgan fingerprint density at radius 2 is 1.41 bits per heavy atom. The van der Waals surface area contributed by atoms with Crippen molar-refractivity contribution in [3.05, 3.63) is 83.6 Å². The van der Waals surface area contributed by atoms with Crippen molar-refractivity contribution in [2.75, 3.05) is 31.5 Å². The number of carbonyl (C=O) groups excluding carboxylic acids is 2. The smallest absolute Gasteiger partial charge is 0.282 e. The zero-order chi connectivity index (χ0) is 24.4. The maximum atomic E-state index is 13.9. The molecule has 0 spiro atoms. The highest BCUT2D eigenvalue weighted by molar-refractivity contribution is 6.46. The number of benzene rings is 3. The van der Waals surface area contributed by atoms with Crippen LogP contribution in [0.25, 0.3) is 5.57 Å². The highest BCUT2D eigenvalue weighted by Crippen LogP contribution is 2.37. The minimum Gasteiger partial charge on any atom is -0.497 e. The van der Waals surface area contributed by atoms with Gasteiger partial charge in [-0.3, -0.25) is 9.59 Å². The summed E-state index contributed by atoms with van der Waals surface area (Å²) < 4.78 is 43.1. The summed E-state index contributed by atoms with van der Waals surface area (Å²) in [5.74, 6) is -2.24. The summed E-state index contributed by atoms with van der Waals surface area (Å²) in [4.78, 5) is 27.6. The molecule has 1 aliphatic rings. The summed E-state index contributed by atoms with van der Waals surface area (Å²) >= 11 is 0. The largest absolute Gasteiger partial charge is 0.497 e. The Balaban J connectivity index is 1.83. The second kappa shape index (κ2) is 9.22. The topological polar surface area (TPSA) is 77.1 Å². The predicted molar refractivity (Wildman–Crippen MR) is 122 cm³/mol. The molecule has 0 unspecified atom stereocenters. The van der Waals surface area contributed by atoms with Crippen molar-refractivity contribution in [3.8, 4) is 17.2 Å². The Hall–Kier alpha value is -4.40. The Kier molecular flexibility index (Phi) is 6.18. The first-order valence-corrected chi connectivity index (χ1v) is 10.1. The fourth-order valence-corrected chi connectivity index (χ4v) is 3.57. The average Bonchev–Trinajstić information content (AvgIpc) is 3.10. The third kappa shape index (κ3) is 4.03. The van der Waals surface area contributed by atoms with Crippen molar-refractivity contribution in [3.63, 3.8) is 0 Å². The molecule has 4 rings (SSSR count). The first-order chi connectivity index (χ1) is 16.4. The molecule has 1 N–H and O–H groups in total. The quantitative estimate of drug-likeness (QED) is 0.521. The van der Waals surface area contributed by atoms with E-state index in [-0.39, 0.29) is 17.0 Å². The van der Waals surface area contributed by atoms with Gasteiger partial charge in [0.15, 0.2) is 11.6 Å². The fraction of sp³-hybridized carbons (Fsp3) is 0.120. The zero-order valence-electron chi connectivity index (χ0n) is 18.5. The number of carbonyl (C=O) groups is 2. The van der Waals surface area contributed by atoms with E-state index in [0.29, 0.717) is 28.5 Å². The molecule has 174 valence electrons. The van der Waals surface area contributed by atoms with Gasteiger partial charge >= 0.3 is 0 Å². The summed E-state index contributed by atoms with van der Waals surface area (Å²) in [6.45, 7) is 0. The molecule has 0 bridgehead atoms. The summed E-state index contributed by atoms with van der Waals surface area (Å²) in [7, 11) is 4.46. The van der Waals surface area contributed by atoms with Gasteiger partial charge in [0.2, 0.25) is 0 Å². The molecular formula is C25H20F2N2O5. The number of ether oxygens (including phenoxy) is 3. The van der Waals surface area contributed by atoms with E-state index in [9.17, 15) is 18.4 Å². The van der Waals surface area contributed by atoms with Crippen LogP contribution in [0.5, 0.6) is 17.2 Å². The van der Waals surface area contributed by atoms with Crippen molar-refractivity contribution in [1.82, 2.24) is 0 Å². The van der Waals surface area contributed by atoms with E-state index < -0.39 is 23.4 Å². The highest BCUT2D eigenvalue weighted by atomic mass is 19.2. The number of halogens is 2. The van der Waals surface area contributed by atoms with Crippen LogP contribution in [-0.4, -0.2) is 33.1 Å². The first-order valence-electron chi connectivity index (χ1n) is 10.1. The predicted octanol–water partition coefficient (Wildman–Crippen LogP) is 4.39. The lowest BCUT2D eigenvalue weighted by Gasteiger charge is -2.16. The number of nitrogens with one attached hydrogen (secondary N) is 1. The minimum absolute atomic E-state index is 0.0512. The Morgan fingerprint density at radius 3 is 2.03 bits per heavy atom. The number of hydrogen-bond acceptors (Lipinski definition) is 6. The highest BCUT2D eigenvalue weighted by Gasteiger charge is 2.40. The second-order valence-corrected chi connectivity index (χ2v) is 7.21. The van der Waals surface area contributed by atoms with Crippen molar-refractivity contribution in [1.29, 1.82) is 0 Å². The monoisotopic (exact) mass is 466 g/mol. The van der Waals surface area contributed by atoms with Crippen LogP contribution >= 0.6 is 0 Å². The first kappa shape index (κ1) is 22.8. The van der Waals surface area contributed by atoms with Gasteiger partial charge in [-0.25, -0.2) is 13.7 Å². The van der Waals surface area contributed by atoms with Gasteiger partial charge in [0.05, 0.1) is 38.3 Å². The summed E-state index contributed by atoms with van der Waals surface area (Å²) in [6, 6.07) is 14.3. The van der Waals surface area contributed by atoms with E-state index in [0.717, 1.165) is 23.1 Å². The molecule has 34 heavy (non-hydrogen) atoms. The molecule has 0 saturated heterocycles. The molecule has 0 fully saturated rings. The number of imide groups is 1. The maximum absolute atomic E-state index is 13.9. The molecule has 0 aromatic heterocycles. The molecule has 0 saturated carbocycles. The van der Waals surface area contributed by atoms with Crippen LogP contribution in [0.2, 0.25) is 0 Å². The number of methoxy groups -OCH3 is 3. The summed E-state index contributed by atoms with van der Waals surface area (Å²) in [5, 5.41) is 2.98. The van der Waals surface area contributed by atoms with Crippen LogP contribution < -0.4 is 24.4 Å². The van der Waals surface area contributed by atoms with Crippen LogP contribution in [0, 0.1) is 11.6 Å². The van der Waals surface area contributed by atoms with E-state index in [1.54, 1.807) is 42.5 Å². The summed E-state index contributed by atoms with van der Waals surface area (Å²) in [5.41, 5.74) is 0.730. The third-order valence-electron chi connectivity index (χ3n) is 5.29. The van der Waals surface area contributed by atoms with Crippen LogP contribution in [-0.2, 0) is 9.59 Å². The van der Waals surface area contributed by atoms with E-state index >= 15 is 0 Å². The molecule has 9 heteroatoms. The average molecular weight is 466 g/mol. The van der Waals surface area contributed by atoms with Gasteiger partial charge < -0.3 is 19.5 Å². The maximum Gasteiger partial charge on any atom is 0.282 e. The molecule has 0 atom stereocenters. The van der Waals surface area contributed by atoms with Crippen molar-refractivity contribution in [2.45, 2.75) is 0 Å². The van der Waals surface area contributed by atoms with Crippen LogP contribution in [0.1, 0.15) is 5.56 Å². The van der Waals surface area contributed by atoms with Crippen molar-refractivity contribution >= 4 is 28.8 Å². The number of rotatable bonds is 7. The van der Waals surface area contributed by atoms with E-state index in [2.05, 4.69) is 5.32 Å². The van der Waals surface area contributed by atoms with Gasteiger partial charge in [-0.1, -0.05) is 12.1 Å². The van der Waals surface area contributed by atoms with Gasteiger partial charge in [-0.05, 0) is 42.0 Å². The zero-order valence-corrected chi connectivity index (χ0v) is 18.5. The SMILES string of the molecule is COc1ccc(C2=C(Nc3ccc(OC)cc3OC)C(=O)N(c3ccc(F)c(F)c3)C2=O)cc1. The van der Waals surface area contributed by atoms with E-state index in [1.807, 2.05) is 0 Å². The van der Waals surface area contributed by atoms with Gasteiger partial charge in [0.25, 0.3) is 11.8 Å². The van der Waals surface area contributed by atoms with Crippen LogP contribution in [0.3, 0.4) is 0 Å². The van der Waals surface area contributed by atoms with Gasteiger partial charge in [-0.15, -0.1) is 0 Å². The molecule has 2 amide bonds. The van der Waals surface area contributed by atoms with E-state index in [4.69, 9.17) is 14.2 Å². The Labute approximate surface area is 194 Å². The molecule has 7 nitrogen and oxygen atoms in total. The number of hydrogen-bond donors (Lipinski definition) is 1. The molecule has 0 radical (unpaired) electrons. The molecule has 0 aliphatic carbocycles. The van der Waals surface area contributed by atoms with Gasteiger partial charge in [0, 0.05) is 12.1 Å². The number of amides is 2. The summed E-state index contributed by atoms with van der Waals surface area (Å²) in [6.07, 6.45) is 0.